The minimum Gasteiger partial charge on any atom is -0.440 e. The number of carbonyl (C=O) groups is 1. The fraction of sp³-hybridized carbons (Fsp3) is 0.440. The van der Waals surface area contributed by atoms with E-state index >= 15 is 0 Å². The van der Waals surface area contributed by atoms with Crippen LogP contribution in [0.3, 0.4) is 0 Å². The van der Waals surface area contributed by atoms with E-state index in [-0.39, 0.29) is 23.8 Å². The van der Waals surface area contributed by atoms with Crippen LogP contribution >= 0.6 is 11.6 Å². The van der Waals surface area contributed by atoms with E-state index in [9.17, 15) is 13.2 Å². The molecule has 7 nitrogen and oxygen atoms in total. The summed E-state index contributed by atoms with van der Waals surface area (Å²) in [5, 5.41) is 3.78. The average molecular weight is 502 g/mol. The van der Waals surface area contributed by atoms with Gasteiger partial charge in [-0.2, -0.15) is 4.31 Å². The molecule has 0 spiro atoms. The SMILES string of the molecule is Cc1ccc(S(=O)(=O)N2CC(CC(=O)NC3CCC(c4nc5cc(Cl)ccc5o4)CC3)C2)cc1. The van der Waals surface area contributed by atoms with Crippen LogP contribution in [0, 0.1) is 12.8 Å². The van der Waals surface area contributed by atoms with E-state index in [0.29, 0.717) is 29.4 Å². The number of aryl methyl sites for hydroxylation is 1. The zero-order valence-electron chi connectivity index (χ0n) is 19.0. The lowest BCUT2D eigenvalue weighted by Gasteiger charge is -2.38. The third-order valence-corrected chi connectivity index (χ3v) is 8.95. The molecule has 2 aromatic carbocycles. The number of nitrogens with one attached hydrogen (secondary N) is 1. The maximum absolute atomic E-state index is 12.7. The second kappa shape index (κ2) is 9.32. The van der Waals surface area contributed by atoms with Crippen molar-refractivity contribution in [2.75, 3.05) is 13.1 Å². The predicted molar refractivity (Wildman–Crippen MR) is 130 cm³/mol. The normalized spacial score (nSPS) is 21.9. The quantitative estimate of drug-likeness (QED) is 0.531. The first-order valence-electron chi connectivity index (χ1n) is 11.7. The van der Waals surface area contributed by atoms with Gasteiger partial charge >= 0.3 is 0 Å². The number of oxazole rings is 1. The average Bonchev–Trinajstić information content (AvgIpc) is 3.20. The van der Waals surface area contributed by atoms with Gasteiger partial charge < -0.3 is 9.73 Å². The van der Waals surface area contributed by atoms with Crippen molar-refractivity contribution in [1.29, 1.82) is 0 Å². The molecule has 0 bridgehead atoms. The molecule has 5 rings (SSSR count). The smallest absolute Gasteiger partial charge is 0.243 e. The van der Waals surface area contributed by atoms with Gasteiger partial charge in [0.25, 0.3) is 0 Å². The lowest BCUT2D eigenvalue weighted by molar-refractivity contribution is -0.123. The number of benzene rings is 2. The Kier molecular flexibility index (Phi) is 6.39. The Hall–Kier alpha value is -2.42. The van der Waals surface area contributed by atoms with Crippen molar-refractivity contribution in [1.82, 2.24) is 14.6 Å². The van der Waals surface area contributed by atoms with Crippen molar-refractivity contribution < 1.29 is 17.6 Å². The standard InChI is InChI=1S/C25H28ClN3O4S/c1-16-2-9-21(10-3-16)34(31,32)29-14-17(15-29)12-24(30)27-20-7-4-18(5-8-20)25-28-22-13-19(26)6-11-23(22)33-25/h2-3,6,9-11,13,17-18,20H,4-5,7-8,12,14-15H2,1H3,(H,27,30). The van der Waals surface area contributed by atoms with Gasteiger partial charge in [-0.15, -0.1) is 0 Å². The number of halogens is 1. The van der Waals surface area contributed by atoms with Crippen molar-refractivity contribution in [3.8, 4) is 0 Å². The molecule has 2 heterocycles. The summed E-state index contributed by atoms with van der Waals surface area (Å²) in [6, 6.07) is 12.4. The van der Waals surface area contributed by atoms with Crippen LogP contribution in [-0.2, 0) is 14.8 Å². The molecule has 1 N–H and O–H groups in total. The van der Waals surface area contributed by atoms with Crippen LogP contribution in [0.15, 0.2) is 51.8 Å². The molecular weight excluding hydrogens is 474 g/mol. The highest BCUT2D eigenvalue weighted by atomic mass is 35.5. The van der Waals surface area contributed by atoms with Gasteiger partial charge in [-0.05, 0) is 68.9 Å². The van der Waals surface area contributed by atoms with Gasteiger partial charge in [0.15, 0.2) is 11.5 Å². The molecule has 1 aliphatic carbocycles. The van der Waals surface area contributed by atoms with Gasteiger partial charge in [-0.3, -0.25) is 4.79 Å². The molecule has 180 valence electrons. The summed E-state index contributed by atoms with van der Waals surface area (Å²) in [7, 11) is -3.48. The molecule has 1 aromatic heterocycles. The van der Waals surface area contributed by atoms with Crippen LogP contribution in [-0.4, -0.2) is 42.7 Å². The Balaban J connectivity index is 1.07. The number of carbonyl (C=O) groups excluding carboxylic acids is 1. The largest absolute Gasteiger partial charge is 0.440 e. The topological polar surface area (TPSA) is 92.5 Å². The van der Waals surface area contributed by atoms with E-state index in [1.807, 2.05) is 19.1 Å². The number of hydrogen-bond acceptors (Lipinski definition) is 5. The van der Waals surface area contributed by atoms with E-state index in [1.165, 1.54) is 4.31 Å². The monoisotopic (exact) mass is 501 g/mol. The maximum Gasteiger partial charge on any atom is 0.243 e. The van der Waals surface area contributed by atoms with Crippen molar-refractivity contribution in [3.63, 3.8) is 0 Å². The van der Waals surface area contributed by atoms with Gasteiger partial charge in [-0.25, -0.2) is 13.4 Å². The van der Waals surface area contributed by atoms with Gasteiger partial charge in [0.1, 0.15) is 5.52 Å². The molecular formula is C25H28ClN3O4S. The zero-order valence-corrected chi connectivity index (χ0v) is 20.6. The van der Waals surface area contributed by atoms with E-state index in [4.69, 9.17) is 16.0 Å². The number of amides is 1. The van der Waals surface area contributed by atoms with Crippen molar-refractivity contribution in [2.24, 2.45) is 5.92 Å². The molecule has 1 saturated heterocycles. The van der Waals surface area contributed by atoms with E-state index in [0.717, 1.165) is 48.2 Å². The summed E-state index contributed by atoms with van der Waals surface area (Å²) in [4.78, 5) is 17.5. The second-order valence-corrected chi connectivity index (χ2v) is 11.9. The Morgan fingerprint density at radius 1 is 1.12 bits per heavy atom. The van der Waals surface area contributed by atoms with Crippen LogP contribution in [0.25, 0.3) is 11.1 Å². The highest BCUT2D eigenvalue weighted by Gasteiger charge is 2.38. The molecule has 2 aliphatic rings. The minimum atomic E-state index is -3.48. The predicted octanol–water partition coefficient (Wildman–Crippen LogP) is 4.64. The van der Waals surface area contributed by atoms with Crippen molar-refractivity contribution >= 4 is 38.6 Å². The first kappa shape index (κ1) is 23.3. The van der Waals surface area contributed by atoms with E-state index in [2.05, 4.69) is 10.3 Å². The lowest BCUT2D eigenvalue weighted by atomic mass is 9.85. The number of hydrogen-bond donors (Lipinski definition) is 1. The van der Waals surface area contributed by atoms with Gasteiger partial charge in [0.2, 0.25) is 15.9 Å². The third-order valence-electron chi connectivity index (χ3n) is 6.86. The van der Waals surface area contributed by atoms with Crippen LogP contribution in [0.5, 0.6) is 0 Å². The third kappa shape index (κ3) is 4.85. The lowest BCUT2D eigenvalue weighted by Crippen LogP contribution is -2.51. The highest BCUT2D eigenvalue weighted by molar-refractivity contribution is 7.89. The Morgan fingerprint density at radius 2 is 1.82 bits per heavy atom. The van der Waals surface area contributed by atoms with Crippen molar-refractivity contribution in [3.05, 3.63) is 58.9 Å². The fourth-order valence-electron chi connectivity index (χ4n) is 4.83. The minimum absolute atomic E-state index is 0.00246. The molecule has 0 unspecified atom stereocenters. The maximum atomic E-state index is 12.7. The Morgan fingerprint density at radius 3 is 2.53 bits per heavy atom. The van der Waals surface area contributed by atoms with E-state index < -0.39 is 10.0 Å². The zero-order chi connectivity index (χ0) is 23.9. The summed E-state index contributed by atoms with van der Waals surface area (Å²) in [5.74, 6) is 1.04. The number of fused-ring (bicyclic) bond motifs is 1. The molecule has 1 aliphatic heterocycles. The first-order valence-corrected chi connectivity index (χ1v) is 13.5. The molecule has 3 aromatic rings. The molecule has 1 amide bonds. The highest BCUT2D eigenvalue weighted by Crippen LogP contribution is 2.35. The summed E-state index contributed by atoms with van der Waals surface area (Å²) in [5.41, 5.74) is 2.54. The van der Waals surface area contributed by atoms with Gasteiger partial charge in [0, 0.05) is 36.5 Å². The van der Waals surface area contributed by atoms with Crippen molar-refractivity contribution in [2.45, 2.75) is 55.9 Å². The van der Waals surface area contributed by atoms with Crippen LogP contribution in [0.2, 0.25) is 5.02 Å². The molecule has 2 fully saturated rings. The second-order valence-electron chi connectivity index (χ2n) is 9.49. The summed E-state index contributed by atoms with van der Waals surface area (Å²) < 4.78 is 32.8. The van der Waals surface area contributed by atoms with Crippen LogP contribution in [0.1, 0.15) is 49.5 Å². The Bertz CT molecular complexity index is 1290. The van der Waals surface area contributed by atoms with Crippen LogP contribution < -0.4 is 5.32 Å². The summed E-state index contributed by atoms with van der Waals surface area (Å²) in [6.07, 6.45) is 3.89. The first-order chi connectivity index (χ1) is 16.3. The molecule has 0 atom stereocenters. The number of nitrogens with zero attached hydrogens (tertiary/aromatic N) is 2. The Labute approximate surface area is 204 Å². The van der Waals surface area contributed by atoms with Gasteiger partial charge in [0.05, 0.1) is 4.90 Å². The molecule has 0 radical (unpaired) electrons. The molecule has 1 saturated carbocycles. The number of rotatable bonds is 6. The molecule has 9 heteroatoms. The number of sulfonamides is 1. The summed E-state index contributed by atoms with van der Waals surface area (Å²) in [6.45, 7) is 2.70. The van der Waals surface area contributed by atoms with E-state index in [1.54, 1.807) is 30.3 Å². The fourth-order valence-corrected chi connectivity index (χ4v) is 6.59. The summed E-state index contributed by atoms with van der Waals surface area (Å²) >= 11 is 6.04. The van der Waals surface area contributed by atoms with Gasteiger partial charge in [-0.1, -0.05) is 29.3 Å². The number of aromatic nitrogens is 1. The van der Waals surface area contributed by atoms with Crippen LogP contribution in [0.4, 0.5) is 0 Å². The molecule has 34 heavy (non-hydrogen) atoms.